The normalized spacial score (nSPS) is 15.0. The summed E-state index contributed by atoms with van der Waals surface area (Å²) in [5.74, 6) is -1.40. The number of nitrogens with zero attached hydrogens (tertiary/aromatic N) is 1. The van der Waals surface area contributed by atoms with Crippen molar-refractivity contribution in [3.8, 4) is 0 Å². The van der Waals surface area contributed by atoms with Crippen molar-refractivity contribution in [2.45, 2.75) is 38.3 Å². The van der Waals surface area contributed by atoms with Gasteiger partial charge in [0.2, 0.25) is 11.8 Å². The molecule has 3 rings (SSSR count). The fraction of sp³-hybridized carbons (Fsp3) is 0.348. The summed E-state index contributed by atoms with van der Waals surface area (Å²) < 4.78 is 26.1. The summed E-state index contributed by atoms with van der Waals surface area (Å²) in [4.78, 5) is 38.4. The summed E-state index contributed by atoms with van der Waals surface area (Å²) in [6.07, 6.45) is 1.36. The lowest BCUT2D eigenvalue weighted by molar-refractivity contribution is -0.128. The molecular weight excluding hydrogens is 418 g/mol. The minimum Gasteiger partial charge on any atom is -0.351 e. The van der Waals surface area contributed by atoms with Crippen molar-refractivity contribution in [2.24, 2.45) is 0 Å². The van der Waals surface area contributed by atoms with E-state index in [1.54, 1.807) is 17.0 Å². The van der Waals surface area contributed by atoms with Gasteiger partial charge in [0.15, 0.2) is 0 Å². The Bertz CT molecular complexity index is 943. The van der Waals surface area contributed by atoms with Gasteiger partial charge in [0.25, 0.3) is 0 Å². The first-order valence-electron chi connectivity index (χ1n) is 10.4. The average molecular weight is 444 g/mol. The Labute approximate surface area is 185 Å². The quantitative estimate of drug-likeness (QED) is 0.640. The van der Waals surface area contributed by atoms with E-state index in [1.165, 1.54) is 43.3 Å². The number of amides is 4. The van der Waals surface area contributed by atoms with Crippen LogP contribution in [0.3, 0.4) is 0 Å². The van der Waals surface area contributed by atoms with Gasteiger partial charge in [0.05, 0.1) is 0 Å². The highest BCUT2D eigenvalue weighted by molar-refractivity contribution is 5.89. The Kier molecular flexibility index (Phi) is 7.75. The third kappa shape index (κ3) is 6.76. The van der Waals surface area contributed by atoms with Crippen LogP contribution in [0.1, 0.15) is 25.3 Å². The molecule has 9 heteroatoms. The first kappa shape index (κ1) is 23.2. The number of urea groups is 1. The molecule has 1 saturated heterocycles. The number of hydrogen-bond donors (Lipinski definition) is 3. The summed E-state index contributed by atoms with van der Waals surface area (Å²) in [6.45, 7) is 2.23. The average Bonchev–Trinajstić information content (AvgIpc) is 2.76. The van der Waals surface area contributed by atoms with Gasteiger partial charge in [-0.3, -0.25) is 9.59 Å². The largest absolute Gasteiger partial charge is 0.351 e. The summed E-state index contributed by atoms with van der Waals surface area (Å²) in [5.41, 5.74) is 1.23. The lowest BCUT2D eigenvalue weighted by Gasteiger charge is -2.33. The van der Waals surface area contributed by atoms with E-state index in [0.29, 0.717) is 31.6 Å². The van der Waals surface area contributed by atoms with E-state index in [4.69, 9.17) is 0 Å². The lowest BCUT2D eigenvalue weighted by Crippen LogP contribution is -2.53. The molecule has 0 bridgehead atoms. The molecule has 2 aromatic rings. The summed E-state index contributed by atoms with van der Waals surface area (Å²) >= 11 is 0. The van der Waals surface area contributed by atoms with Gasteiger partial charge < -0.3 is 20.9 Å². The monoisotopic (exact) mass is 444 g/mol. The number of piperidine rings is 1. The van der Waals surface area contributed by atoms with Crippen molar-refractivity contribution in [1.82, 2.24) is 15.5 Å². The summed E-state index contributed by atoms with van der Waals surface area (Å²) in [7, 11) is 0. The van der Waals surface area contributed by atoms with Crippen LogP contribution in [0.5, 0.6) is 0 Å². The molecule has 1 aliphatic heterocycles. The second kappa shape index (κ2) is 10.7. The molecule has 0 aliphatic carbocycles. The molecule has 32 heavy (non-hydrogen) atoms. The van der Waals surface area contributed by atoms with Gasteiger partial charge in [-0.15, -0.1) is 0 Å². The number of hydrogen-bond acceptors (Lipinski definition) is 3. The molecule has 170 valence electrons. The zero-order valence-corrected chi connectivity index (χ0v) is 17.7. The van der Waals surface area contributed by atoms with Crippen molar-refractivity contribution in [2.75, 3.05) is 18.4 Å². The van der Waals surface area contributed by atoms with Crippen LogP contribution in [0.4, 0.5) is 19.3 Å². The minimum atomic E-state index is -0.780. The van der Waals surface area contributed by atoms with Crippen LogP contribution in [0.2, 0.25) is 0 Å². The van der Waals surface area contributed by atoms with E-state index in [0.717, 1.165) is 5.56 Å². The van der Waals surface area contributed by atoms with Crippen molar-refractivity contribution >= 4 is 23.5 Å². The van der Waals surface area contributed by atoms with Crippen LogP contribution >= 0.6 is 0 Å². The van der Waals surface area contributed by atoms with Crippen molar-refractivity contribution < 1.29 is 23.2 Å². The molecule has 0 aromatic heterocycles. The van der Waals surface area contributed by atoms with Crippen LogP contribution in [0, 0.1) is 11.6 Å². The second-order valence-corrected chi connectivity index (χ2v) is 7.79. The standard InChI is InChI=1S/C23H26F2N4O3/c1-15(30)26-21(14-16-2-4-17(24)5-3-16)22(31)27-20-10-12-29(13-11-20)23(32)28-19-8-6-18(25)7-9-19/h2-9,20-21H,10-14H2,1H3,(H,26,30)(H,27,31)(H,28,32)/t21-/m1/s1. The number of likely N-dealkylation sites (tertiary alicyclic amines) is 1. The number of nitrogens with one attached hydrogen (secondary N) is 3. The van der Waals surface area contributed by atoms with E-state index in [9.17, 15) is 23.2 Å². The van der Waals surface area contributed by atoms with Gasteiger partial charge in [-0.25, -0.2) is 13.6 Å². The van der Waals surface area contributed by atoms with Crippen molar-refractivity contribution in [1.29, 1.82) is 0 Å². The number of halogens is 2. The molecule has 2 aromatic carbocycles. The molecule has 3 N–H and O–H groups in total. The number of carbonyl (C=O) groups is 3. The minimum absolute atomic E-state index is 0.137. The Morgan fingerprint density at radius 3 is 2.09 bits per heavy atom. The SMILES string of the molecule is CC(=O)N[C@H](Cc1ccc(F)cc1)C(=O)NC1CCN(C(=O)Nc2ccc(F)cc2)CC1. The Morgan fingerprint density at radius 1 is 0.969 bits per heavy atom. The molecule has 1 atom stereocenters. The summed E-state index contributed by atoms with van der Waals surface area (Å²) in [6, 6.07) is 10.1. The van der Waals surface area contributed by atoms with E-state index in [1.807, 2.05) is 0 Å². The van der Waals surface area contributed by atoms with E-state index in [2.05, 4.69) is 16.0 Å². The first-order chi connectivity index (χ1) is 15.3. The van der Waals surface area contributed by atoms with Gasteiger partial charge in [0, 0.05) is 38.2 Å². The van der Waals surface area contributed by atoms with Gasteiger partial charge >= 0.3 is 6.03 Å². The number of rotatable bonds is 6. The molecule has 0 saturated carbocycles. The lowest BCUT2D eigenvalue weighted by atomic mass is 10.0. The molecule has 1 fully saturated rings. The van der Waals surface area contributed by atoms with Crippen LogP contribution in [-0.4, -0.2) is 47.9 Å². The third-order valence-electron chi connectivity index (χ3n) is 5.27. The second-order valence-electron chi connectivity index (χ2n) is 7.79. The van der Waals surface area contributed by atoms with Crippen LogP contribution in [-0.2, 0) is 16.0 Å². The molecular formula is C23H26F2N4O3. The van der Waals surface area contributed by atoms with Crippen molar-refractivity contribution in [3.05, 3.63) is 65.7 Å². The van der Waals surface area contributed by atoms with E-state index >= 15 is 0 Å². The molecule has 4 amide bonds. The molecule has 0 radical (unpaired) electrons. The fourth-order valence-corrected chi connectivity index (χ4v) is 3.58. The summed E-state index contributed by atoms with van der Waals surface area (Å²) in [5, 5.41) is 8.31. The highest BCUT2D eigenvalue weighted by Crippen LogP contribution is 2.15. The highest BCUT2D eigenvalue weighted by atomic mass is 19.1. The topological polar surface area (TPSA) is 90.5 Å². The molecule has 7 nitrogen and oxygen atoms in total. The Hall–Kier alpha value is -3.49. The maximum atomic E-state index is 13.1. The zero-order valence-electron chi connectivity index (χ0n) is 17.7. The number of anilines is 1. The Morgan fingerprint density at radius 2 is 1.53 bits per heavy atom. The van der Waals surface area contributed by atoms with Gasteiger partial charge in [-0.1, -0.05) is 12.1 Å². The zero-order chi connectivity index (χ0) is 23.1. The maximum Gasteiger partial charge on any atom is 0.321 e. The van der Waals surface area contributed by atoms with Crippen LogP contribution in [0.15, 0.2) is 48.5 Å². The predicted octanol–water partition coefficient (Wildman–Crippen LogP) is 2.82. The first-order valence-corrected chi connectivity index (χ1v) is 10.4. The van der Waals surface area contributed by atoms with Crippen molar-refractivity contribution in [3.63, 3.8) is 0 Å². The third-order valence-corrected chi connectivity index (χ3v) is 5.27. The molecule has 0 spiro atoms. The number of benzene rings is 2. The molecule has 1 aliphatic rings. The van der Waals surface area contributed by atoms with Crippen LogP contribution in [0.25, 0.3) is 0 Å². The predicted molar refractivity (Wildman–Crippen MR) is 116 cm³/mol. The highest BCUT2D eigenvalue weighted by Gasteiger charge is 2.27. The number of carbonyl (C=O) groups excluding carboxylic acids is 3. The van der Waals surface area contributed by atoms with Gasteiger partial charge in [-0.2, -0.15) is 0 Å². The van der Waals surface area contributed by atoms with E-state index < -0.39 is 6.04 Å². The van der Waals surface area contributed by atoms with Gasteiger partial charge in [0.1, 0.15) is 17.7 Å². The van der Waals surface area contributed by atoms with Gasteiger partial charge in [-0.05, 0) is 54.8 Å². The fourth-order valence-electron chi connectivity index (χ4n) is 3.58. The van der Waals surface area contributed by atoms with Crippen LogP contribution < -0.4 is 16.0 Å². The van der Waals surface area contributed by atoms with E-state index in [-0.39, 0.29) is 41.9 Å². The molecule has 0 unspecified atom stereocenters. The Balaban J connectivity index is 1.50. The molecule has 1 heterocycles. The maximum absolute atomic E-state index is 13.1. The smallest absolute Gasteiger partial charge is 0.321 e.